The fourth-order valence-corrected chi connectivity index (χ4v) is 3.29. The van der Waals surface area contributed by atoms with E-state index in [2.05, 4.69) is 25.7 Å². The fourth-order valence-electron chi connectivity index (χ4n) is 3.29. The fraction of sp³-hybridized carbons (Fsp3) is 0.929. The average molecular weight is 239 g/mol. The topological polar surface area (TPSA) is 29.5 Å². The zero-order chi connectivity index (χ0) is 12.4. The van der Waals surface area contributed by atoms with Gasteiger partial charge < -0.3 is 9.64 Å². The largest absolute Gasteiger partial charge is 0.381 e. The Labute approximate surface area is 105 Å². The molecule has 98 valence electrons. The van der Waals surface area contributed by atoms with Gasteiger partial charge in [-0.25, -0.2) is 0 Å². The van der Waals surface area contributed by atoms with Crippen LogP contribution < -0.4 is 0 Å². The minimum atomic E-state index is 0.173. The predicted octanol–water partition coefficient (Wildman–Crippen LogP) is 2.31. The number of ether oxygens (including phenoxy) is 1. The van der Waals surface area contributed by atoms with Crippen LogP contribution in [-0.2, 0) is 9.53 Å². The Bertz CT molecular complexity index is 273. The van der Waals surface area contributed by atoms with E-state index >= 15 is 0 Å². The summed E-state index contributed by atoms with van der Waals surface area (Å²) in [5, 5.41) is 0. The van der Waals surface area contributed by atoms with Crippen LogP contribution in [-0.4, -0.2) is 36.6 Å². The number of amides is 1. The second-order valence-electron chi connectivity index (χ2n) is 5.92. The van der Waals surface area contributed by atoms with Crippen molar-refractivity contribution in [3.05, 3.63) is 0 Å². The summed E-state index contributed by atoms with van der Waals surface area (Å²) in [6.07, 6.45) is 3.25. The third-order valence-corrected chi connectivity index (χ3v) is 4.43. The van der Waals surface area contributed by atoms with Crippen molar-refractivity contribution in [3.63, 3.8) is 0 Å². The van der Waals surface area contributed by atoms with E-state index in [-0.39, 0.29) is 5.92 Å². The summed E-state index contributed by atoms with van der Waals surface area (Å²) in [7, 11) is 0. The van der Waals surface area contributed by atoms with Gasteiger partial charge in [-0.3, -0.25) is 4.79 Å². The number of carbonyl (C=O) groups excluding carboxylic acids is 1. The molecule has 0 N–H and O–H groups in total. The smallest absolute Gasteiger partial charge is 0.225 e. The number of rotatable bonds is 2. The molecule has 2 aliphatic heterocycles. The molecule has 0 bridgehead atoms. The molecule has 0 aromatic rings. The molecule has 0 spiro atoms. The van der Waals surface area contributed by atoms with Crippen molar-refractivity contribution in [2.45, 2.75) is 46.1 Å². The predicted molar refractivity (Wildman–Crippen MR) is 67.7 cm³/mol. The van der Waals surface area contributed by atoms with Gasteiger partial charge in [0.15, 0.2) is 0 Å². The summed E-state index contributed by atoms with van der Waals surface area (Å²) in [5.74, 6) is 1.73. The Morgan fingerprint density at radius 3 is 2.47 bits per heavy atom. The molecule has 2 saturated heterocycles. The van der Waals surface area contributed by atoms with Gasteiger partial charge in [-0.05, 0) is 38.0 Å². The molecule has 0 aliphatic carbocycles. The molecular weight excluding hydrogens is 214 g/mol. The molecule has 0 radical (unpaired) electrons. The van der Waals surface area contributed by atoms with Crippen LogP contribution in [0.5, 0.6) is 0 Å². The molecule has 0 saturated carbocycles. The van der Waals surface area contributed by atoms with Crippen molar-refractivity contribution in [2.24, 2.45) is 17.8 Å². The Kier molecular flexibility index (Phi) is 4.08. The van der Waals surface area contributed by atoms with Crippen LogP contribution in [0.15, 0.2) is 0 Å². The minimum Gasteiger partial charge on any atom is -0.381 e. The van der Waals surface area contributed by atoms with Gasteiger partial charge in [0.2, 0.25) is 5.91 Å². The lowest BCUT2D eigenvalue weighted by molar-refractivity contribution is -0.138. The molecule has 2 heterocycles. The van der Waals surface area contributed by atoms with Gasteiger partial charge >= 0.3 is 0 Å². The van der Waals surface area contributed by atoms with Gasteiger partial charge in [-0.1, -0.05) is 13.8 Å². The first-order valence-corrected chi connectivity index (χ1v) is 6.97. The van der Waals surface area contributed by atoms with Crippen LogP contribution >= 0.6 is 0 Å². The summed E-state index contributed by atoms with van der Waals surface area (Å²) >= 11 is 0. The molecule has 2 fully saturated rings. The SMILES string of the molecule is CC1C[C@@H](C)N(C(=O)C(C)C2CCOCC2)C1. The third-order valence-electron chi connectivity index (χ3n) is 4.43. The van der Waals surface area contributed by atoms with Crippen molar-refractivity contribution >= 4 is 5.91 Å². The van der Waals surface area contributed by atoms with Crippen molar-refractivity contribution in [2.75, 3.05) is 19.8 Å². The molecule has 2 aliphatic rings. The summed E-state index contributed by atoms with van der Waals surface area (Å²) in [6, 6.07) is 0.430. The maximum Gasteiger partial charge on any atom is 0.225 e. The van der Waals surface area contributed by atoms with Gasteiger partial charge in [-0.2, -0.15) is 0 Å². The van der Waals surface area contributed by atoms with E-state index in [1.807, 2.05) is 0 Å². The molecule has 17 heavy (non-hydrogen) atoms. The third kappa shape index (κ3) is 2.82. The van der Waals surface area contributed by atoms with E-state index < -0.39 is 0 Å². The Morgan fingerprint density at radius 1 is 1.29 bits per heavy atom. The molecule has 3 atom stereocenters. The molecule has 2 unspecified atom stereocenters. The standard InChI is InChI=1S/C14H25NO2/c1-10-8-11(2)15(9-10)14(16)12(3)13-4-6-17-7-5-13/h10-13H,4-9H2,1-3H3/t10?,11-,12?/m1/s1. The molecule has 0 aromatic carbocycles. The van der Waals surface area contributed by atoms with Crippen molar-refractivity contribution < 1.29 is 9.53 Å². The first-order chi connectivity index (χ1) is 8.09. The molecule has 3 heteroatoms. The van der Waals surface area contributed by atoms with Crippen molar-refractivity contribution in [1.82, 2.24) is 4.90 Å². The van der Waals surface area contributed by atoms with Gasteiger partial charge in [-0.15, -0.1) is 0 Å². The van der Waals surface area contributed by atoms with Gasteiger partial charge in [0.1, 0.15) is 0 Å². The second kappa shape index (κ2) is 5.38. The second-order valence-corrected chi connectivity index (χ2v) is 5.92. The first kappa shape index (κ1) is 12.9. The lowest BCUT2D eigenvalue weighted by Gasteiger charge is -2.31. The van der Waals surface area contributed by atoms with Gasteiger partial charge in [0, 0.05) is 31.7 Å². The minimum absolute atomic E-state index is 0.173. The van der Waals surface area contributed by atoms with E-state index in [1.165, 1.54) is 0 Å². The normalized spacial score (nSPS) is 32.8. The lowest BCUT2D eigenvalue weighted by atomic mass is 9.86. The maximum absolute atomic E-state index is 12.5. The van der Waals surface area contributed by atoms with Gasteiger partial charge in [0.25, 0.3) is 0 Å². The van der Waals surface area contributed by atoms with Crippen LogP contribution in [0.3, 0.4) is 0 Å². The van der Waals surface area contributed by atoms with E-state index in [4.69, 9.17) is 4.74 Å². The van der Waals surface area contributed by atoms with Crippen molar-refractivity contribution in [1.29, 1.82) is 0 Å². The summed E-state index contributed by atoms with van der Waals surface area (Å²) in [6.45, 7) is 9.13. The molecule has 1 amide bonds. The highest BCUT2D eigenvalue weighted by Gasteiger charge is 2.35. The van der Waals surface area contributed by atoms with E-state index in [9.17, 15) is 4.79 Å². The summed E-state index contributed by atoms with van der Waals surface area (Å²) in [4.78, 5) is 14.6. The van der Waals surface area contributed by atoms with E-state index in [1.54, 1.807) is 0 Å². The average Bonchev–Trinajstić information content (AvgIpc) is 2.68. The van der Waals surface area contributed by atoms with Crippen LogP contribution in [0.25, 0.3) is 0 Å². The Hall–Kier alpha value is -0.570. The van der Waals surface area contributed by atoms with E-state index in [0.29, 0.717) is 23.8 Å². The first-order valence-electron chi connectivity index (χ1n) is 6.97. The quantitative estimate of drug-likeness (QED) is 0.740. The van der Waals surface area contributed by atoms with E-state index in [0.717, 1.165) is 39.0 Å². The number of likely N-dealkylation sites (tertiary alicyclic amines) is 1. The van der Waals surface area contributed by atoms with Crippen LogP contribution in [0.1, 0.15) is 40.0 Å². The zero-order valence-corrected chi connectivity index (χ0v) is 11.3. The highest BCUT2D eigenvalue weighted by atomic mass is 16.5. The molecular formula is C14H25NO2. The van der Waals surface area contributed by atoms with Crippen LogP contribution in [0.2, 0.25) is 0 Å². The highest BCUT2D eigenvalue weighted by Crippen LogP contribution is 2.29. The molecule has 3 nitrogen and oxygen atoms in total. The van der Waals surface area contributed by atoms with Crippen LogP contribution in [0.4, 0.5) is 0 Å². The van der Waals surface area contributed by atoms with Crippen LogP contribution in [0, 0.1) is 17.8 Å². The summed E-state index contributed by atoms with van der Waals surface area (Å²) < 4.78 is 5.37. The number of hydrogen-bond donors (Lipinski definition) is 0. The zero-order valence-electron chi connectivity index (χ0n) is 11.3. The number of hydrogen-bond acceptors (Lipinski definition) is 2. The number of carbonyl (C=O) groups is 1. The Morgan fingerprint density at radius 2 is 1.94 bits per heavy atom. The highest BCUT2D eigenvalue weighted by molar-refractivity contribution is 5.79. The number of nitrogens with zero attached hydrogens (tertiary/aromatic N) is 1. The maximum atomic E-state index is 12.5. The molecule has 2 rings (SSSR count). The monoisotopic (exact) mass is 239 g/mol. The molecule has 0 aromatic heterocycles. The van der Waals surface area contributed by atoms with Crippen molar-refractivity contribution in [3.8, 4) is 0 Å². The van der Waals surface area contributed by atoms with Gasteiger partial charge in [0.05, 0.1) is 0 Å². The lowest BCUT2D eigenvalue weighted by Crippen LogP contribution is -2.41. The Balaban J connectivity index is 1.94. The summed E-state index contributed by atoms with van der Waals surface area (Å²) in [5.41, 5.74) is 0.